The number of aliphatic hydroxyl groups is 1. The van der Waals surface area contributed by atoms with E-state index in [0.717, 1.165) is 16.1 Å². The van der Waals surface area contributed by atoms with Crippen molar-refractivity contribution in [3.63, 3.8) is 0 Å². The minimum atomic E-state index is -0.125. The van der Waals surface area contributed by atoms with E-state index < -0.39 is 0 Å². The maximum atomic E-state index is 10.0. The Bertz CT molecular complexity index is 1530. The van der Waals surface area contributed by atoms with Crippen LogP contribution in [0.15, 0.2) is 96.8 Å². The minimum Gasteiger partial charge on any atom is -0.512 e. The minimum absolute atomic E-state index is 0. The number of aliphatic hydroxyl groups excluding tert-OH is 1. The van der Waals surface area contributed by atoms with Gasteiger partial charge in [0.25, 0.3) is 0 Å². The number of pyridine rings is 1. The first-order valence-corrected chi connectivity index (χ1v) is 12.6. The molecule has 0 aliphatic heterocycles. The molecular formula is C32H28IrNO2S-. The summed E-state index contributed by atoms with van der Waals surface area (Å²) in [7, 11) is 0. The molecule has 0 spiro atoms. The number of rotatable bonds is 4. The van der Waals surface area contributed by atoms with E-state index in [2.05, 4.69) is 92.7 Å². The molecule has 1 radical (unpaired) electrons. The van der Waals surface area contributed by atoms with Crippen LogP contribution in [0.1, 0.15) is 25.0 Å². The molecular weight excluding hydrogens is 655 g/mol. The van der Waals surface area contributed by atoms with Crippen molar-refractivity contribution in [2.45, 2.75) is 27.7 Å². The van der Waals surface area contributed by atoms with Crippen LogP contribution in [0.25, 0.3) is 43.0 Å². The molecule has 0 fully saturated rings. The molecule has 0 saturated heterocycles. The number of allylic oxidation sites excluding steroid dienone is 2. The van der Waals surface area contributed by atoms with Crippen LogP contribution in [0.2, 0.25) is 0 Å². The molecule has 0 unspecified atom stereocenters. The maximum Gasteiger partial charge on any atom is 0.155 e. The van der Waals surface area contributed by atoms with E-state index >= 15 is 0 Å². The van der Waals surface area contributed by atoms with Crippen LogP contribution >= 0.6 is 11.3 Å². The molecule has 0 aliphatic carbocycles. The van der Waals surface area contributed by atoms with Crippen LogP contribution in [-0.2, 0) is 24.9 Å². The number of fused-ring (bicyclic) bond motifs is 1. The van der Waals surface area contributed by atoms with Crippen LogP contribution in [0.5, 0.6) is 0 Å². The van der Waals surface area contributed by atoms with Gasteiger partial charge in [-0.2, -0.15) is 0 Å². The summed E-state index contributed by atoms with van der Waals surface area (Å²) < 4.78 is 0. The van der Waals surface area contributed by atoms with E-state index in [4.69, 9.17) is 10.1 Å². The van der Waals surface area contributed by atoms with Crippen molar-refractivity contribution < 1.29 is 30.0 Å². The Balaban J connectivity index is 0.000000422. The van der Waals surface area contributed by atoms with Crippen molar-refractivity contribution in [3.05, 3.63) is 114 Å². The third-order valence-electron chi connectivity index (χ3n) is 5.71. The molecule has 3 aromatic carbocycles. The van der Waals surface area contributed by atoms with Crippen LogP contribution in [0.4, 0.5) is 0 Å². The van der Waals surface area contributed by atoms with Gasteiger partial charge < -0.3 is 5.11 Å². The summed E-state index contributed by atoms with van der Waals surface area (Å²) in [5.74, 6) is -0.0625. The fourth-order valence-electron chi connectivity index (χ4n) is 4.11. The molecule has 5 aromatic rings. The van der Waals surface area contributed by atoms with Crippen molar-refractivity contribution in [3.8, 4) is 32.8 Å². The number of aryl methyl sites for hydroxylation is 2. The van der Waals surface area contributed by atoms with E-state index in [1.807, 2.05) is 12.1 Å². The number of aromatic nitrogens is 1. The van der Waals surface area contributed by atoms with E-state index in [9.17, 15) is 4.79 Å². The summed E-state index contributed by atoms with van der Waals surface area (Å²) in [5, 5.41) is 9.55. The van der Waals surface area contributed by atoms with Crippen LogP contribution in [0.3, 0.4) is 0 Å². The zero-order valence-electron chi connectivity index (χ0n) is 21.2. The van der Waals surface area contributed by atoms with E-state index in [1.165, 1.54) is 58.0 Å². The van der Waals surface area contributed by atoms with Gasteiger partial charge in [-0.15, -0.1) is 46.7 Å². The van der Waals surface area contributed by atoms with Gasteiger partial charge in [0.05, 0.1) is 5.76 Å². The van der Waals surface area contributed by atoms with E-state index in [1.54, 1.807) is 11.3 Å². The van der Waals surface area contributed by atoms with Crippen molar-refractivity contribution in [1.29, 1.82) is 0 Å². The Morgan fingerprint density at radius 3 is 2.22 bits per heavy atom. The second kappa shape index (κ2) is 12.7. The second-order valence-electron chi connectivity index (χ2n) is 8.72. The number of carbonyl (C=O) groups is 1. The number of thiophene rings is 1. The first kappa shape index (κ1) is 28.2. The predicted octanol–water partition coefficient (Wildman–Crippen LogP) is 8.75. The number of carbonyl (C=O) groups excluding carboxylic acids is 1. The average Bonchev–Trinajstić information content (AvgIpc) is 3.27. The van der Waals surface area contributed by atoms with Gasteiger partial charge in [0.15, 0.2) is 5.78 Å². The van der Waals surface area contributed by atoms with Gasteiger partial charge in [0.2, 0.25) is 0 Å². The topological polar surface area (TPSA) is 50.2 Å². The molecule has 2 aromatic heterocycles. The molecule has 1 N–H and O–H groups in total. The van der Waals surface area contributed by atoms with Gasteiger partial charge in [-0.1, -0.05) is 60.7 Å². The molecule has 189 valence electrons. The van der Waals surface area contributed by atoms with Crippen LogP contribution in [-0.4, -0.2) is 15.9 Å². The van der Waals surface area contributed by atoms with Crippen molar-refractivity contribution in [2.24, 2.45) is 0 Å². The third-order valence-corrected chi connectivity index (χ3v) is 6.77. The summed E-state index contributed by atoms with van der Waals surface area (Å²) in [6, 6.07) is 33.1. The number of nitrogens with zero attached hydrogens (tertiary/aromatic N) is 1. The Labute approximate surface area is 235 Å². The number of ketones is 1. The standard InChI is InChI=1S/C27H20NS.C5H8O2.Ir/c1-18-8-6-9-19(2)26(18)25-17-23-14-15-24(28-27(23)29-25)22-13-7-12-21(16-22)20-10-4-3-5-11-20;1-4(6)3-5(2)7;/h3-12,14-17H,1-2H3;3,6H,1-2H3;/q-1;;/b;4-3-;. The fourth-order valence-corrected chi connectivity index (χ4v) is 5.32. The smallest absolute Gasteiger partial charge is 0.155 e. The largest absolute Gasteiger partial charge is 0.512 e. The summed E-state index contributed by atoms with van der Waals surface area (Å²) in [5.41, 5.74) is 8.32. The molecule has 2 heterocycles. The first-order valence-electron chi connectivity index (χ1n) is 11.7. The van der Waals surface area contributed by atoms with E-state index in [-0.39, 0.29) is 31.6 Å². The van der Waals surface area contributed by atoms with Crippen molar-refractivity contribution in [1.82, 2.24) is 4.98 Å². The third kappa shape index (κ3) is 7.11. The molecule has 37 heavy (non-hydrogen) atoms. The molecule has 5 heteroatoms. The monoisotopic (exact) mass is 683 g/mol. The number of benzene rings is 3. The molecule has 5 rings (SSSR count). The molecule has 3 nitrogen and oxygen atoms in total. The van der Waals surface area contributed by atoms with Gasteiger partial charge in [-0.05, 0) is 61.7 Å². The molecule has 0 bridgehead atoms. The van der Waals surface area contributed by atoms with E-state index in [0.29, 0.717) is 0 Å². The predicted molar refractivity (Wildman–Crippen MR) is 151 cm³/mol. The van der Waals surface area contributed by atoms with Crippen LogP contribution in [0, 0.1) is 19.9 Å². The van der Waals surface area contributed by atoms with Gasteiger partial charge in [0, 0.05) is 36.4 Å². The van der Waals surface area contributed by atoms with Crippen LogP contribution < -0.4 is 0 Å². The Hall–Kier alpha value is -3.37. The Morgan fingerprint density at radius 1 is 0.892 bits per heavy atom. The molecule has 0 amide bonds. The maximum absolute atomic E-state index is 10.0. The Kier molecular flexibility index (Phi) is 9.71. The van der Waals surface area contributed by atoms with Gasteiger partial charge >= 0.3 is 0 Å². The summed E-state index contributed by atoms with van der Waals surface area (Å²) in [4.78, 5) is 17.3. The SMILES string of the molecule is CC(=O)/C=C(/C)O.Cc1cccc(C)c1-c1cc2ccc(-c3[c-]ccc(-c4ccccc4)c3)nc2s1.[Ir]. The quantitative estimate of drug-likeness (QED) is 0.117. The first-order chi connectivity index (χ1) is 17.3. The Morgan fingerprint density at radius 2 is 1.59 bits per heavy atom. The van der Waals surface area contributed by atoms with Gasteiger partial charge in [-0.3, -0.25) is 9.78 Å². The summed E-state index contributed by atoms with van der Waals surface area (Å²) in [6.07, 6.45) is 1.17. The van der Waals surface area contributed by atoms with Gasteiger partial charge in [0.1, 0.15) is 4.83 Å². The molecule has 0 saturated carbocycles. The molecule has 0 aliphatic rings. The van der Waals surface area contributed by atoms with Gasteiger partial charge in [-0.25, -0.2) is 0 Å². The zero-order chi connectivity index (χ0) is 25.7. The second-order valence-corrected chi connectivity index (χ2v) is 9.75. The fraction of sp³-hybridized carbons (Fsp3) is 0.125. The number of hydrogen-bond acceptors (Lipinski definition) is 4. The normalized spacial score (nSPS) is 10.9. The van der Waals surface area contributed by atoms with Crippen molar-refractivity contribution >= 4 is 27.3 Å². The summed E-state index contributed by atoms with van der Waals surface area (Å²) >= 11 is 1.76. The molecule has 0 atom stereocenters. The number of hydrogen-bond donors (Lipinski definition) is 1. The van der Waals surface area contributed by atoms with Crippen molar-refractivity contribution in [2.75, 3.05) is 0 Å². The average molecular weight is 683 g/mol. The summed E-state index contributed by atoms with van der Waals surface area (Å²) in [6.45, 7) is 7.20. The zero-order valence-corrected chi connectivity index (χ0v) is 24.4.